The van der Waals surface area contributed by atoms with Crippen molar-refractivity contribution in [3.8, 4) is 0 Å². The molecule has 1 aliphatic carbocycles. The second-order valence-electron chi connectivity index (χ2n) is 9.56. The third-order valence-corrected chi connectivity index (χ3v) is 7.45. The Labute approximate surface area is 197 Å². The predicted molar refractivity (Wildman–Crippen MR) is 126 cm³/mol. The Kier molecular flexibility index (Phi) is 4.94. The van der Waals surface area contributed by atoms with E-state index in [0.717, 1.165) is 53.4 Å². The molecule has 1 fully saturated rings. The second kappa shape index (κ2) is 8.01. The SMILES string of the molecule is C[C@H](NC(=O)[C@@H]1Cc2c([nH]c3ccccc23)C2c3ccccc3C(=O)N21)C(=O)OC1CCCC1. The third-order valence-electron chi connectivity index (χ3n) is 7.45. The number of para-hydroxylation sites is 1. The molecule has 3 atom stereocenters. The zero-order chi connectivity index (χ0) is 23.4. The van der Waals surface area contributed by atoms with Crippen molar-refractivity contribution < 1.29 is 19.1 Å². The summed E-state index contributed by atoms with van der Waals surface area (Å²) in [6.45, 7) is 1.65. The number of hydrogen-bond acceptors (Lipinski definition) is 4. The molecule has 3 heterocycles. The van der Waals surface area contributed by atoms with Crippen molar-refractivity contribution in [2.24, 2.45) is 0 Å². The quantitative estimate of drug-likeness (QED) is 0.586. The van der Waals surface area contributed by atoms with Crippen LogP contribution in [0.25, 0.3) is 10.9 Å². The number of nitrogens with zero attached hydrogens (tertiary/aromatic N) is 1. The first kappa shape index (κ1) is 21.0. The summed E-state index contributed by atoms with van der Waals surface area (Å²) in [4.78, 5) is 44.8. The maximum atomic E-state index is 13.5. The van der Waals surface area contributed by atoms with Crippen LogP contribution < -0.4 is 5.32 Å². The Morgan fingerprint density at radius 2 is 1.82 bits per heavy atom. The van der Waals surface area contributed by atoms with Crippen LogP contribution in [0.2, 0.25) is 0 Å². The number of fused-ring (bicyclic) bond motifs is 7. The molecule has 174 valence electrons. The first-order chi connectivity index (χ1) is 16.5. The maximum Gasteiger partial charge on any atom is 0.328 e. The van der Waals surface area contributed by atoms with E-state index < -0.39 is 18.1 Å². The Morgan fingerprint density at radius 3 is 2.65 bits per heavy atom. The lowest BCUT2D eigenvalue weighted by Crippen LogP contribution is -2.55. The number of esters is 1. The van der Waals surface area contributed by atoms with Crippen LogP contribution in [-0.2, 0) is 20.7 Å². The van der Waals surface area contributed by atoms with Crippen molar-refractivity contribution in [2.75, 3.05) is 0 Å². The maximum absolute atomic E-state index is 13.5. The molecule has 6 rings (SSSR count). The standard InChI is InChI=1S/C27H27N3O4/c1-15(27(33)34-16-8-2-3-9-16)28-25(31)22-14-20-17-10-6-7-13-21(17)29-23(20)24-18-11-4-5-12-19(18)26(32)30(22)24/h4-7,10-13,15-16,22,24,29H,2-3,8-9,14H2,1H3,(H,28,31)/t15-,22-,24?/m0/s1. The number of aromatic nitrogens is 1. The summed E-state index contributed by atoms with van der Waals surface area (Å²) in [7, 11) is 0. The van der Waals surface area contributed by atoms with E-state index in [2.05, 4.69) is 10.3 Å². The predicted octanol–water partition coefficient (Wildman–Crippen LogP) is 3.63. The van der Waals surface area contributed by atoms with Gasteiger partial charge in [0.05, 0.1) is 6.04 Å². The molecule has 0 radical (unpaired) electrons. The van der Waals surface area contributed by atoms with Crippen molar-refractivity contribution >= 4 is 28.7 Å². The number of carbonyl (C=O) groups is 3. The number of amides is 2. The van der Waals surface area contributed by atoms with Gasteiger partial charge in [-0.2, -0.15) is 0 Å². The Bertz CT molecular complexity index is 1310. The normalized spacial score (nSPS) is 22.3. The highest BCUT2D eigenvalue weighted by Crippen LogP contribution is 2.46. The topological polar surface area (TPSA) is 91.5 Å². The molecule has 2 N–H and O–H groups in total. The van der Waals surface area contributed by atoms with E-state index in [1.54, 1.807) is 11.8 Å². The van der Waals surface area contributed by atoms with E-state index >= 15 is 0 Å². The number of carbonyl (C=O) groups excluding carboxylic acids is 3. The zero-order valence-electron chi connectivity index (χ0n) is 19.0. The van der Waals surface area contributed by atoms with Gasteiger partial charge in [-0.3, -0.25) is 9.59 Å². The van der Waals surface area contributed by atoms with Gasteiger partial charge < -0.3 is 19.9 Å². The lowest BCUT2D eigenvalue weighted by molar-refractivity contribution is -0.152. The molecule has 7 heteroatoms. The summed E-state index contributed by atoms with van der Waals surface area (Å²) in [6, 6.07) is 13.7. The van der Waals surface area contributed by atoms with Crippen molar-refractivity contribution in [1.82, 2.24) is 15.2 Å². The molecule has 3 aliphatic rings. The second-order valence-corrected chi connectivity index (χ2v) is 9.56. The average Bonchev–Trinajstić information content (AvgIpc) is 3.56. The van der Waals surface area contributed by atoms with Crippen LogP contribution in [0.1, 0.15) is 65.8 Å². The molecule has 0 bridgehead atoms. The van der Waals surface area contributed by atoms with Crippen LogP contribution in [0.4, 0.5) is 0 Å². The molecule has 1 saturated carbocycles. The zero-order valence-corrected chi connectivity index (χ0v) is 19.0. The highest BCUT2D eigenvalue weighted by atomic mass is 16.5. The first-order valence-corrected chi connectivity index (χ1v) is 12.0. The highest BCUT2D eigenvalue weighted by Gasteiger charge is 2.49. The minimum Gasteiger partial charge on any atom is -0.461 e. The fourth-order valence-electron chi connectivity index (χ4n) is 5.78. The van der Waals surface area contributed by atoms with Crippen LogP contribution in [-0.4, -0.2) is 45.9 Å². The minimum absolute atomic E-state index is 0.0608. The van der Waals surface area contributed by atoms with Crippen molar-refractivity contribution in [3.05, 3.63) is 70.9 Å². The van der Waals surface area contributed by atoms with Gasteiger partial charge in [-0.1, -0.05) is 36.4 Å². The van der Waals surface area contributed by atoms with Crippen molar-refractivity contribution in [2.45, 2.75) is 63.3 Å². The number of hydrogen-bond donors (Lipinski definition) is 2. The average molecular weight is 458 g/mol. The molecule has 1 unspecified atom stereocenters. The lowest BCUT2D eigenvalue weighted by atomic mass is 9.90. The fourth-order valence-corrected chi connectivity index (χ4v) is 5.78. The van der Waals surface area contributed by atoms with E-state index in [4.69, 9.17) is 4.74 Å². The van der Waals surface area contributed by atoms with Crippen molar-refractivity contribution in [1.29, 1.82) is 0 Å². The van der Waals surface area contributed by atoms with E-state index in [1.165, 1.54) is 0 Å². The number of H-pyrrole nitrogens is 1. The smallest absolute Gasteiger partial charge is 0.328 e. The summed E-state index contributed by atoms with van der Waals surface area (Å²) < 4.78 is 5.58. The van der Waals surface area contributed by atoms with Gasteiger partial charge in [0.2, 0.25) is 5.91 Å². The van der Waals surface area contributed by atoms with Crippen LogP contribution in [0.5, 0.6) is 0 Å². The monoisotopic (exact) mass is 457 g/mol. The van der Waals surface area contributed by atoms with Gasteiger partial charge in [-0.05, 0) is 55.9 Å². The third kappa shape index (κ3) is 3.22. The molecule has 7 nitrogen and oxygen atoms in total. The fraction of sp³-hybridized carbons (Fsp3) is 0.370. The van der Waals surface area contributed by atoms with E-state index in [-0.39, 0.29) is 24.0 Å². The van der Waals surface area contributed by atoms with Crippen LogP contribution in [0, 0.1) is 0 Å². The summed E-state index contributed by atoms with van der Waals surface area (Å²) in [5.74, 6) is -0.916. The van der Waals surface area contributed by atoms with E-state index in [0.29, 0.717) is 12.0 Å². The molecule has 2 amide bonds. The molecule has 0 spiro atoms. The Morgan fingerprint density at radius 1 is 1.09 bits per heavy atom. The largest absolute Gasteiger partial charge is 0.461 e. The van der Waals surface area contributed by atoms with Crippen LogP contribution >= 0.6 is 0 Å². The first-order valence-electron chi connectivity index (χ1n) is 12.0. The Balaban J connectivity index is 1.34. The molecule has 34 heavy (non-hydrogen) atoms. The molecule has 0 saturated heterocycles. The van der Waals surface area contributed by atoms with Gasteiger partial charge >= 0.3 is 5.97 Å². The van der Waals surface area contributed by atoms with E-state index in [9.17, 15) is 14.4 Å². The molecular weight excluding hydrogens is 430 g/mol. The molecule has 2 aromatic carbocycles. The van der Waals surface area contributed by atoms with Gasteiger partial charge in [-0.15, -0.1) is 0 Å². The molecular formula is C27H27N3O4. The van der Waals surface area contributed by atoms with Gasteiger partial charge in [0.1, 0.15) is 18.2 Å². The van der Waals surface area contributed by atoms with Crippen LogP contribution in [0.3, 0.4) is 0 Å². The molecule has 3 aromatic rings. The number of aromatic amines is 1. The number of rotatable bonds is 4. The highest BCUT2D eigenvalue weighted by molar-refractivity contribution is 6.04. The lowest BCUT2D eigenvalue weighted by Gasteiger charge is -2.37. The Hall–Kier alpha value is -3.61. The van der Waals surface area contributed by atoms with Gasteiger partial charge in [0.15, 0.2) is 0 Å². The summed E-state index contributed by atoms with van der Waals surface area (Å²) in [6.07, 6.45) is 4.20. The van der Waals surface area contributed by atoms with Gasteiger partial charge in [0.25, 0.3) is 5.91 Å². The van der Waals surface area contributed by atoms with E-state index in [1.807, 2.05) is 48.5 Å². The number of nitrogens with one attached hydrogen (secondary N) is 2. The van der Waals surface area contributed by atoms with Crippen LogP contribution in [0.15, 0.2) is 48.5 Å². The minimum atomic E-state index is -0.781. The number of benzene rings is 2. The molecule has 2 aliphatic heterocycles. The van der Waals surface area contributed by atoms with Gasteiger partial charge in [0, 0.05) is 28.6 Å². The summed E-state index contributed by atoms with van der Waals surface area (Å²) in [5.41, 5.74) is 4.50. The summed E-state index contributed by atoms with van der Waals surface area (Å²) >= 11 is 0. The number of ether oxygens (including phenoxy) is 1. The van der Waals surface area contributed by atoms with Crippen molar-refractivity contribution in [3.63, 3.8) is 0 Å². The van der Waals surface area contributed by atoms with Gasteiger partial charge in [-0.25, -0.2) is 4.79 Å². The summed E-state index contributed by atoms with van der Waals surface area (Å²) in [5, 5.41) is 3.89. The molecule has 1 aromatic heterocycles.